The second-order valence-electron chi connectivity index (χ2n) is 5.92. The van der Waals surface area contributed by atoms with Gasteiger partial charge in [0.05, 0.1) is 7.11 Å². The number of hydrogen-bond acceptors (Lipinski definition) is 4. The fourth-order valence-electron chi connectivity index (χ4n) is 2.66. The van der Waals surface area contributed by atoms with Crippen LogP contribution in [0.4, 0.5) is 0 Å². The van der Waals surface area contributed by atoms with Crippen LogP contribution in [0.3, 0.4) is 0 Å². The first kappa shape index (κ1) is 17.2. The molecule has 3 nitrogen and oxygen atoms in total. The molecule has 2 aromatic carbocycles. The molecule has 0 unspecified atom stereocenters. The summed E-state index contributed by atoms with van der Waals surface area (Å²) in [7, 11) is 1.62. The van der Waals surface area contributed by atoms with E-state index in [9.17, 15) is 4.79 Å². The van der Waals surface area contributed by atoms with Crippen LogP contribution >= 0.6 is 11.3 Å². The van der Waals surface area contributed by atoms with Gasteiger partial charge in [-0.2, -0.15) is 0 Å². The summed E-state index contributed by atoms with van der Waals surface area (Å²) in [4.78, 5) is 13.2. The lowest BCUT2D eigenvalue weighted by Gasteiger charge is -2.10. The van der Waals surface area contributed by atoms with Crippen LogP contribution < -0.4 is 4.74 Å². The number of benzene rings is 2. The summed E-state index contributed by atoms with van der Waals surface area (Å²) in [5.41, 5.74) is 5.08. The Morgan fingerprint density at radius 1 is 1.00 bits per heavy atom. The third-order valence-electron chi connectivity index (χ3n) is 4.01. The fraction of sp³-hybridized carbons (Fsp3) is 0.190. The predicted molar refractivity (Wildman–Crippen MR) is 101 cm³/mol. The summed E-state index contributed by atoms with van der Waals surface area (Å²) in [5.74, 6) is 0.414. The standard InChI is InChI=1S/C21H20O3S/c1-14-4-7-16(8-5-14)18-10-11-25-20(18)21(22)24-13-17-12-15(2)6-9-19(17)23-3/h4-12H,13H2,1-3H3. The molecule has 0 N–H and O–H groups in total. The van der Waals surface area contributed by atoms with Gasteiger partial charge in [0.15, 0.2) is 0 Å². The molecule has 25 heavy (non-hydrogen) atoms. The van der Waals surface area contributed by atoms with Crippen LogP contribution in [0.1, 0.15) is 26.4 Å². The van der Waals surface area contributed by atoms with E-state index in [2.05, 4.69) is 0 Å². The minimum absolute atomic E-state index is 0.189. The zero-order valence-electron chi connectivity index (χ0n) is 14.5. The molecule has 0 atom stereocenters. The fourth-order valence-corrected chi connectivity index (χ4v) is 3.47. The van der Waals surface area contributed by atoms with Gasteiger partial charge in [-0.3, -0.25) is 0 Å². The Bertz CT molecular complexity index is 878. The molecule has 0 amide bonds. The first-order chi connectivity index (χ1) is 12.1. The molecule has 4 heteroatoms. The van der Waals surface area contributed by atoms with Crippen LogP contribution in [0.15, 0.2) is 53.9 Å². The van der Waals surface area contributed by atoms with Gasteiger partial charge in [0.25, 0.3) is 0 Å². The number of thiophene rings is 1. The Morgan fingerprint density at radius 2 is 1.72 bits per heavy atom. The van der Waals surface area contributed by atoms with Crippen LogP contribution in [-0.2, 0) is 11.3 Å². The highest BCUT2D eigenvalue weighted by molar-refractivity contribution is 7.12. The Kier molecular flexibility index (Phi) is 5.19. The van der Waals surface area contributed by atoms with Crippen molar-refractivity contribution in [3.8, 4) is 16.9 Å². The van der Waals surface area contributed by atoms with Gasteiger partial charge in [0.2, 0.25) is 0 Å². The van der Waals surface area contributed by atoms with Gasteiger partial charge in [-0.15, -0.1) is 11.3 Å². The van der Waals surface area contributed by atoms with E-state index < -0.39 is 0 Å². The highest BCUT2D eigenvalue weighted by Crippen LogP contribution is 2.30. The molecule has 0 aliphatic carbocycles. The lowest BCUT2D eigenvalue weighted by atomic mass is 10.1. The van der Waals surface area contributed by atoms with E-state index in [1.807, 2.05) is 67.8 Å². The molecule has 0 aliphatic heterocycles. The van der Waals surface area contributed by atoms with Crippen molar-refractivity contribution in [2.75, 3.05) is 7.11 Å². The van der Waals surface area contributed by atoms with Crippen molar-refractivity contribution in [3.63, 3.8) is 0 Å². The van der Waals surface area contributed by atoms with Crippen molar-refractivity contribution in [3.05, 3.63) is 75.5 Å². The lowest BCUT2D eigenvalue weighted by molar-refractivity contribution is 0.0477. The molecular formula is C21H20O3S. The number of esters is 1. The maximum absolute atomic E-state index is 12.6. The molecule has 3 rings (SSSR count). The summed E-state index contributed by atoms with van der Waals surface area (Å²) < 4.78 is 10.9. The summed E-state index contributed by atoms with van der Waals surface area (Å²) in [6.45, 7) is 4.23. The average molecular weight is 352 g/mol. The van der Waals surface area contributed by atoms with Crippen molar-refractivity contribution >= 4 is 17.3 Å². The Balaban J connectivity index is 1.78. The maximum atomic E-state index is 12.6. The van der Waals surface area contributed by atoms with Crippen LogP contribution in [0.5, 0.6) is 5.75 Å². The van der Waals surface area contributed by atoms with E-state index >= 15 is 0 Å². The van der Waals surface area contributed by atoms with Crippen molar-refractivity contribution in [1.29, 1.82) is 0 Å². The number of carbonyl (C=O) groups excluding carboxylic acids is 1. The molecular weight excluding hydrogens is 332 g/mol. The number of aryl methyl sites for hydroxylation is 2. The van der Waals surface area contributed by atoms with E-state index in [0.29, 0.717) is 4.88 Å². The molecule has 0 aliphatic rings. The molecule has 0 spiro atoms. The van der Waals surface area contributed by atoms with Crippen molar-refractivity contribution in [2.24, 2.45) is 0 Å². The topological polar surface area (TPSA) is 35.5 Å². The number of rotatable bonds is 5. The molecule has 1 heterocycles. The summed E-state index contributed by atoms with van der Waals surface area (Å²) >= 11 is 1.40. The van der Waals surface area contributed by atoms with Crippen molar-refractivity contribution in [2.45, 2.75) is 20.5 Å². The number of hydrogen-bond donors (Lipinski definition) is 0. The van der Waals surface area contributed by atoms with E-state index in [1.54, 1.807) is 7.11 Å². The van der Waals surface area contributed by atoms with Gasteiger partial charge in [-0.05, 0) is 43.0 Å². The van der Waals surface area contributed by atoms with E-state index in [4.69, 9.17) is 9.47 Å². The number of ether oxygens (including phenoxy) is 2. The van der Waals surface area contributed by atoms with Gasteiger partial charge < -0.3 is 9.47 Å². The first-order valence-electron chi connectivity index (χ1n) is 8.03. The average Bonchev–Trinajstić information content (AvgIpc) is 3.10. The highest BCUT2D eigenvalue weighted by atomic mass is 32.1. The summed E-state index contributed by atoms with van der Waals surface area (Å²) in [5, 5.41) is 1.92. The molecule has 0 bridgehead atoms. The molecule has 3 aromatic rings. The quantitative estimate of drug-likeness (QED) is 0.577. The van der Waals surface area contributed by atoms with Crippen LogP contribution in [0, 0.1) is 13.8 Å². The van der Waals surface area contributed by atoms with Gasteiger partial charge in [-0.25, -0.2) is 4.79 Å². The first-order valence-corrected chi connectivity index (χ1v) is 8.91. The molecule has 0 saturated carbocycles. The largest absolute Gasteiger partial charge is 0.496 e. The van der Waals surface area contributed by atoms with Gasteiger partial charge in [0, 0.05) is 11.1 Å². The lowest BCUT2D eigenvalue weighted by Crippen LogP contribution is -2.05. The molecule has 0 saturated heterocycles. The minimum Gasteiger partial charge on any atom is -0.496 e. The van der Waals surface area contributed by atoms with Crippen molar-refractivity contribution in [1.82, 2.24) is 0 Å². The predicted octanol–water partition coefficient (Wildman–Crippen LogP) is 5.40. The van der Waals surface area contributed by atoms with Gasteiger partial charge >= 0.3 is 5.97 Å². The van der Waals surface area contributed by atoms with E-state index in [-0.39, 0.29) is 12.6 Å². The molecule has 0 fully saturated rings. The molecule has 1 aromatic heterocycles. The molecule has 128 valence electrons. The van der Waals surface area contributed by atoms with Crippen LogP contribution in [0.2, 0.25) is 0 Å². The summed E-state index contributed by atoms with van der Waals surface area (Å²) in [6.07, 6.45) is 0. The van der Waals surface area contributed by atoms with E-state index in [0.717, 1.165) is 28.0 Å². The second kappa shape index (κ2) is 7.53. The SMILES string of the molecule is COc1ccc(C)cc1COC(=O)c1sccc1-c1ccc(C)cc1. The molecule has 0 radical (unpaired) electrons. The Morgan fingerprint density at radius 3 is 2.44 bits per heavy atom. The van der Waals surface area contributed by atoms with Crippen molar-refractivity contribution < 1.29 is 14.3 Å². The highest BCUT2D eigenvalue weighted by Gasteiger charge is 2.17. The number of methoxy groups -OCH3 is 1. The zero-order valence-corrected chi connectivity index (χ0v) is 15.4. The number of carbonyl (C=O) groups is 1. The normalized spacial score (nSPS) is 10.5. The Labute approximate surface area is 151 Å². The zero-order chi connectivity index (χ0) is 17.8. The Hall–Kier alpha value is -2.59. The third kappa shape index (κ3) is 3.91. The van der Waals surface area contributed by atoms with Crippen LogP contribution in [-0.4, -0.2) is 13.1 Å². The smallest absolute Gasteiger partial charge is 0.349 e. The maximum Gasteiger partial charge on any atom is 0.349 e. The third-order valence-corrected chi connectivity index (χ3v) is 4.90. The van der Waals surface area contributed by atoms with Gasteiger partial charge in [-0.1, -0.05) is 41.5 Å². The second-order valence-corrected chi connectivity index (χ2v) is 6.84. The van der Waals surface area contributed by atoms with Crippen LogP contribution in [0.25, 0.3) is 11.1 Å². The monoisotopic (exact) mass is 352 g/mol. The summed E-state index contributed by atoms with van der Waals surface area (Å²) in [6, 6.07) is 15.9. The minimum atomic E-state index is -0.311. The van der Waals surface area contributed by atoms with Gasteiger partial charge in [0.1, 0.15) is 17.2 Å². The van der Waals surface area contributed by atoms with E-state index in [1.165, 1.54) is 16.9 Å².